The van der Waals surface area contributed by atoms with E-state index in [1.165, 1.54) is 18.3 Å². The number of thiocarbonyl (C=S) groups is 1. The Morgan fingerprint density at radius 1 is 1.56 bits per heavy atom. The maximum Gasteiger partial charge on any atom is 0.187 e. The molecule has 0 fully saturated rings. The van der Waals surface area contributed by atoms with Gasteiger partial charge in [-0.25, -0.2) is 4.39 Å². The zero-order valence-corrected chi connectivity index (χ0v) is 9.43. The minimum atomic E-state index is -0.295. The normalized spacial score (nSPS) is 10.1. The summed E-state index contributed by atoms with van der Waals surface area (Å²) in [4.78, 5) is 0. The summed E-state index contributed by atoms with van der Waals surface area (Å²) in [5.41, 5.74) is 3.27. The number of hydrogen-bond acceptors (Lipinski definition) is 2. The van der Waals surface area contributed by atoms with E-state index in [-0.39, 0.29) is 5.82 Å². The van der Waals surface area contributed by atoms with Crippen LogP contribution in [0.25, 0.3) is 0 Å². The van der Waals surface area contributed by atoms with Crippen molar-refractivity contribution in [1.82, 2.24) is 10.7 Å². The molecule has 0 aliphatic heterocycles. The van der Waals surface area contributed by atoms with Crippen LogP contribution in [0.15, 0.2) is 42.0 Å². The van der Waals surface area contributed by atoms with Gasteiger partial charge in [-0.2, -0.15) is 5.10 Å². The molecule has 0 spiro atoms. The van der Waals surface area contributed by atoms with E-state index in [0.717, 1.165) is 0 Å². The zero-order valence-electron chi connectivity index (χ0n) is 8.61. The highest BCUT2D eigenvalue weighted by molar-refractivity contribution is 7.80. The van der Waals surface area contributed by atoms with Gasteiger partial charge >= 0.3 is 0 Å². The first kappa shape index (κ1) is 12.3. The predicted molar refractivity (Wildman–Crippen MR) is 67.9 cm³/mol. The molecule has 0 heterocycles. The van der Waals surface area contributed by atoms with Crippen LogP contribution in [0, 0.1) is 5.82 Å². The van der Waals surface area contributed by atoms with E-state index >= 15 is 0 Å². The van der Waals surface area contributed by atoms with E-state index in [1.807, 2.05) is 0 Å². The highest BCUT2D eigenvalue weighted by atomic mass is 32.1. The molecule has 0 aliphatic carbocycles. The van der Waals surface area contributed by atoms with Crippen molar-refractivity contribution in [3.05, 3.63) is 48.3 Å². The minimum Gasteiger partial charge on any atom is -0.358 e. The molecule has 0 aliphatic rings. The Bertz CT molecular complexity index is 404. The lowest BCUT2D eigenvalue weighted by Crippen LogP contribution is -2.31. The Labute approximate surface area is 99.1 Å². The molecule has 0 radical (unpaired) electrons. The molecule has 0 bridgehead atoms. The number of halogens is 1. The van der Waals surface area contributed by atoms with E-state index in [4.69, 9.17) is 12.2 Å². The molecule has 0 saturated carbocycles. The Morgan fingerprint density at radius 2 is 2.38 bits per heavy atom. The highest BCUT2D eigenvalue weighted by Gasteiger charge is 1.91. The maximum absolute atomic E-state index is 12.8. The van der Waals surface area contributed by atoms with E-state index in [9.17, 15) is 4.39 Å². The second-order valence-electron chi connectivity index (χ2n) is 2.92. The number of nitrogens with zero attached hydrogens (tertiary/aromatic N) is 1. The van der Waals surface area contributed by atoms with Gasteiger partial charge < -0.3 is 5.32 Å². The van der Waals surface area contributed by atoms with Crippen molar-refractivity contribution >= 4 is 23.5 Å². The van der Waals surface area contributed by atoms with Gasteiger partial charge in [0.15, 0.2) is 5.11 Å². The van der Waals surface area contributed by atoms with Crippen LogP contribution in [0.3, 0.4) is 0 Å². The van der Waals surface area contributed by atoms with Crippen molar-refractivity contribution in [3.8, 4) is 0 Å². The molecule has 0 atom stereocenters. The molecule has 1 rings (SSSR count). The van der Waals surface area contributed by atoms with Gasteiger partial charge in [0, 0.05) is 6.54 Å². The monoisotopic (exact) mass is 237 g/mol. The lowest BCUT2D eigenvalue weighted by Gasteiger charge is -2.02. The van der Waals surface area contributed by atoms with Crippen LogP contribution in [0.5, 0.6) is 0 Å². The average molecular weight is 237 g/mol. The smallest absolute Gasteiger partial charge is 0.187 e. The quantitative estimate of drug-likeness (QED) is 0.363. The van der Waals surface area contributed by atoms with Crippen molar-refractivity contribution in [2.45, 2.75) is 0 Å². The van der Waals surface area contributed by atoms with Gasteiger partial charge in [0.1, 0.15) is 5.82 Å². The Hall–Kier alpha value is -1.75. The second kappa shape index (κ2) is 6.68. The molecule has 0 aromatic heterocycles. The van der Waals surface area contributed by atoms with Gasteiger partial charge in [-0.3, -0.25) is 5.43 Å². The van der Waals surface area contributed by atoms with E-state index < -0.39 is 0 Å². The lowest BCUT2D eigenvalue weighted by molar-refractivity contribution is 0.627. The van der Waals surface area contributed by atoms with Gasteiger partial charge in [-0.1, -0.05) is 18.2 Å². The summed E-state index contributed by atoms with van der Waals surface area (Å²) in [6.45, 7) is 4.11. The van der Waals surface area contributed by atoms with Crippen molar-refractivity contribution in [2.75, 3.05) is 6.54 Å². The van der Waals surface area contributed by atoms with E-state index in [1.54, 1.807) is 18.2 Å². The van der Waals surface area contributed by atoms with Crippen molar-refractivity contribution in [2.24, 2.45) is 5.10 Å². The molecule has 0 amide bonds. The van der Waals surface area contributed by atoms with Crippen LogP contribution in [-0.2, 0) is 0 Å². The Balaban J connectivity index is 2.42. The fourth-order valence-electron chi connectivity index (χ4n) is 0.957. The summed E-state index contributed by atoms with van der Waals surface area (Å²) in [6, 6.07) is 6.12. The van der Waals surface area contributed by atoms with Crippen molar-refractivity contribution in [1.29, 1.82) is 0 Å². The SMILES string of the molecule is C=CCNC(=S)NN=Cc1cccc(F)c1. The minimum absolute atomic E-state index is 0.295. The van der Waals surface area contributed by atoms with Gasteiger partial charge in [-0.15, -0.1) is 6.58 Å². The van der Waals surface area contributed by atoms with Crippen LogP contribution in [0.2, 0.25) is 0 Å². The van der Waals surface area contributed by atoms with Crippen LogP contribution in [-0.4, -0.2) is 17.9 Å². The van der Waals surface area contributed by atoms with Gasteiger partial charge in [-0.05, 0) is 29.9 Å². The summed E-state index contributed by atoms with van der Waals surface area (Å²) in [6.07, 6.45) is 3.18. The van der Waals surface area contributed by atoms with E-state index in [2.05, 4.69) is 22.4 Å². The molecule has 3 nitrogen and oxygen atoms in total. The molecule has 1 aromatic carbocycles. The largest absolute Gasteiger partial charge is 0.358 e. The summed E-state index contributed by atoms with van der Waals surface area (Å²) >= 11 is 4.90. The summed E-state index contributed by atoms with van der Waals surface area (Å²) < 4.78 is 12.8. The molecular formula is C11H12FN3S. The standard InChI is InChI=1S/C11H12FN3S/c1-2-6-13-11(16)15-14-8-9-4-3-5-10(12)7-9/h2-5,7-8H,1,6H2,(H2,13,15,16). The third-order valence-corrected chi connectivity index (χ3v) is 1.87. The Kier molecular flexibility index (Phi) is 5.15. The van der Waals surface area contributed by atoms with Gasteiger partial charge in [0.2, 0.25) is 0 Å². The Morgan fingerprint density at radius 3 is 3.06 bits per heavy atom. The molecule has 16 heavy (non-hydrogen) atoms. The third-order valence-electron chi connectivity index (χ3n) is 1.64. The molecule has 0 unspecified atom stereocenters. The molecule has 0 saturated heterocycles. The summed E-state index contributed by atoms with van der Waals surface area (Å²) in [7, 11) is 0. The van der Waals surface area contributed by atoms with Gasteiger partial charge in [0.25, 0.3) is 0 Å². The number of rotatable bonds is 4. The van der Waals surface area contributed by atoms with Crippen molar-refractivity contribution < 1.29 is 4.39 Å². The molecule has 1 aromatic rings. The van der Waals surface area contributed by atoms with Crippen LogP contribution in [0.1, 0.15) is 5.56 Å². The fourth-order valence-corrected chi connectivity index (χ4v) is 1.09. The highest BCUT2D eigenvalue weighted by Crippen LogP contribution is 1.99. The topological polar surface area (TPSA) is 36.4 Å². The molecule has 84 valence electrons. The van der Waals surface area contributed by atoms with Crippen LogP contribution >= 0.6 is 12.2 Å². The molecular weight excluding hydrogens is 225 g/mol. The van der Waals surface area contributed by atoms with Crippen molar-refractivity contribution in [3.63, 3.8) is 0 Å². The first-order valence-corrected chi connectivity index (χ1v) is 5.06. The average Bonchev–Trinajstić information content (AvgIpc) is 2.26. The number of hydrazone groups is 1. The lowest BCUT2D eigenvalue weighted by atomic mass is 10.2. The molecule has 2 N–H and O–H groups in total. The zero-order chi connectivity index (χ0) is 11.8. The maximum atomic E-state index is 12.8. The first-order chi connectivity index (χ1) is 7.72. The number of nitrogens with one attached hydrogen (secondary N) is 2. The first-order valence-electron chi connectivity index (χ1n) is 4.66. The summed E-state index contributed by atoms with van der Waals surface area (Å²) in [5, 5.41) is 7.10. The third kappa shape index (κ3) is 4.65. The van der Waals surface area contributed by atoms with E-state index in [0.29, 0.717) is 17.2 Å². The molecule has 5 heteroatoms. The van der Waals surface area contributed by atoms with Crippen LogP contribution < -0.4 is 10.7 Å². The summed E-state index contributed by atoms with van der Waals surface area (Å²) in [5.74, 6) is -0.295. The second-order valence-corrected chi connectivity index (χ2v) is 3.33. The van der Waals surface area contributed by atoms with Crippen LogP contribution in [0.4, 0.5) is 4.39 Å². The number of hydrogen-bond donors (Lipinski definition) is 2. The predicted octanol–water partition coefficient (Wildman–Crippen LogP) is 1.81. The fraction of sp³-hybridized carbons (Fsp3) is 0.0909. The number of benzene rings is 1. The van der Waals surface area contributed by atoms with Gasteiger partial charge in [0.05, 0.1) is 6.21 Å².